The molecular weight excluding hydrogens is 308 g/mol. The largest absolute Gasteiger partial charge is 0.423 e. The van der Waals surface area contributed by atoms with Crippen LogP contribution in [0.1, 0.15) is 40.5 Å². The summed E-state index contributed by atoms with van der Waals surface area (Å²) in [6.07, 6.45) is 7.55. The van der Waals surface area contributed by atoms with E-state index in [1.165, 1.54) is 6.08 Å². The molecule has 0 aromatic heterocycles. The number of carbonyl (C=O) groups is 1. The number of aliphatic hydroxyl groups is 1. The number of allylic oxidation sites excluding steroid dienone is 3. The first-order valence-electron chi connectivity index (χ1n) is 8.07. The Morgan fingerprint density at radius 1 is 1.38 bits per heavy atom. The van der Waals surface area contributed by atoms with Crippen LogP contribution in [-0.2, 0) is 19.1 Å². The van der Waals surface area contributed by atoms with Crippen molar-refractivity contribution in [1.29, 1.82) is 0 Å². The van der Waals surface area contributed by atoms with Crippen molar-refractivity contribution >= 4 is 11.9 Å². The van der Waals surface area contributed by atoms with Crippen molar-refractivity contribution in [2.75, 3.05) is 0 Å². The number of hydrogen-bond donors (Lipinski definition) is 1. The summed E-state index contributed by atoms with van der Waals surface area (Å²) in [5, 5.41) is 10.1. The maximum absolute atomic E-state index is 12.0. The zero-order chi connectivity index (χ0) is 17.8. The highest BCUT2D eigenvalue weighted by molar-refractivity contribution is 5.95. The van der Waals surface area contributed by atoms with E-state index in [2.05, 4.69) is 13.8 Å². The SMILES string of the molecule is CC(=C=O)/C=C1C=C(/C=C/[C@@]23O[C@]2(C)C[C@@H](O)CC3(C)C)C(=O)O/1. The van der Waals surface area contributed by atoms with E-state index in [1.54, 1.807) is 25.0 Å². The van der Waals surface area contributed by atoms with Gasteiger partial charge in [-0.05, 0) is 44.6 Å². The Labute approximate surface area is 141 Å². The van der Waals surface area contributed by atoms with Crippen LogP contribution < -0.4 is 0 Å². The molecule has 0 bridgehead atoms. The van der Waals surface area contributed by atoms with Crippen molar-refractivity contribution in [2.24, 2.45) is 5.41 Å². The molecule has 2 heterocycles. The van der Waals surface area contributed by atoms with Crippen molar-refractivity contribution in [3.8, 4) is 0 Å². The summed E-state index contributed by atoms with van der Waals surface area (Å²) in [6.45, 7) is 7.71. The van der Waals surface area contributed by atoms with Crippen molar-refractivity contribution in [2.45, 2.75) is 57.8 Å². The minimum Gasteiger partial charge on any atom is -0.423 e. The average molecular weight is 330 g/mol. The van der Waals surface area contributed by atoms with E-state index in [0.717, 1.165) is 0 Å². The molecule has 0 spiro atoms. The summed E-state index contributed by atoms with van der Waals surface area (Å²) in [6, 6.07) is 0. The summed E-state index contributed by atoms with van der Waals surface area (Å²) in [7, 11) is 0. The van der Waals surface area contributed by atoms with Crippen LogP contribution in [-0.4, -0.2) is 34.3 Å². The maximum Gasteiger partial charge on any atom is 0.343 e. The number of carbonyl (C=O) groups excluding carboxylic acids is 2. The number of aliphatic hydroxyl groups excluding tert-OH is 1. The van der Waals surface area contributed by atoms with E-state index in [9.17, 15) is 14.7 Å². The molecule has 3 atom stereocenters. The van der Waals surface area contributed by atoms with Gasteiger partial charge in [0.25, 0.3) is 0 Å². The summed E-state index contributed by atoms with van der Waals surface area (Å²) in [4.78, 5) is 22.5. The minimum absolute atomic E-state index is 0.242. The van der Waals surface area contributed by atoms with Crippen LogP contribution in [0.4, 0.5) is 0 Å². The Hall–Kier alpha value is -1.94. The van der Waals surface area contributed by atoms with Gasteiger partial charge >= 0.3 is 5.97 Å². The van der Waals surface area contributed by atoms with Crippen molar-refractivity contribution < 1.29 is 24.2 Å². The molecule has 1 saturated heterocycles. The normalized spacial score (nSPS) is 38.5. The third kappa shape index (κ3) is 2.49. The van der Waals surface area contributed by atoms with E-state index in [-0.39, 0.29) is 11.5 Å². The Morgan fingerprint density at radius 2 is 2.08 bits per heavy atom. The number of hydrogen-bond acceptors (Lipinski definition) is 5. The van der Waals surface area contributed by atoms with Crippen LogP contribution in [0.5, 0.6) is 0 Å². The molecule has 0 amide bonds. The minimum atomic E-state index is -0.495. The van der Waals surface area contributed by atoms with E-state index in [0.29, 0.717) is 29.7 Å². The predicted octanol–water partition coefficient (Wildman–Crippen LogP) is 2.40. The highest BCUT2D eigenvalue weighted by Crippen LogP contribution is 2.66. The van der Waals surface area contributed by atoms with Gasteiger partial charge in [0.15, 0.2) is 0 Å². The van der Waals surface area contributed by atoms with Gasteiger partial charge in [-0.3, -0.25) is 0 Å². The van der Waals surface area contributed by atoms with Gasteiger partial charge in [-0.15, -0.1) is 0 Å². The lowest BCUT2D eigenvalue weighted by Crippen LogP contribution is -2.46. The molecule has 24 heavy (non-hydrogen) atoms. The van der Waals surface area contributed by atoms with Crippen LogP contribution in [0, 0.1) is 5.41 Å². The number of cyclic esters (lactones) is 1. The lowest BCUT2D eigenvalue weighted by molar-refractivity contribution is -0.132. The molecule has 1 saturated carbocycles. The van der Waals surface area contributed by atoms with E-state index < -0.39 is 17.2 Å². The molecule has 2 fully saturated rings. The predicted molar refractivity (Wildman–Crippen MR) is 87.5 cm³/mol. The van der Waals surface area contributed by atoms with Crippen LogP contribution in [0.2, 0.25) is 0 Å². The zero-order valence-electron chi connectivity index (χ0n) is 14.4. The zero-order valence-corrected chi connectivity index (χ0v) is 14.4. The van der Waals surface area contributed by atoms with Gasteiger partial charge in [0.05, 0.1) is 11.7 Å². The molecule has 0 unspecified atom stereocenters. The Kier molecular flexibility index (Phi) is 3.72. The first-order valence-corrected chi connectivity index (χ1v) is 8.07. The van der Waals surface area contributed by atoms with Crippen LogP contribution in [0.25, 0.3) is 0 Å². The van der Waals surface area contributed by atoms with Gasteiger partial charge in [-0.1, -0.05) is 13.8 Å². The number of fused-ring (bicyclic) bond motifs is 1. The fraction of sp³-hybridized carbons (Fsp3) is 0.526. The molecule has 0 radical (unpaired) electrons. The Balaban J connectivity index is 1.86. The third-order valence-corrected chi connectivity index (χ3v) is 5.27. The first kappa shape index (κ1) is 16.9. The van der Waals surface area contributed by atoms with Crippen LogP contribution in [0.3, 0.4) is 0 Å². The average Bonchev–Trinajstić information content (AvgIpc) is 2.93. The fourth-order valence-electron chi connectivity index (χ4n) is 4.12. The molecule has 0 aromatic rings. The number of epoxide rings is 1. The second-order valence-electron chi connectivity index (χ2n) is 7.67. The third-order valence-electron chi connectivity index (χ3n) is 5.27. The summed E-state index contributed by atoms with van der Waals surface area (Å²) >= 11 is 0. The second-order valence-corrected chi connectivity index (χ2v) is 7.67. The highest BCUT2D eigenvalue weighted by Gasteiger charge is 2.74. The van der Waals surface area contributed by atoms with Crippen molar-refractivity contribution in [1.82, 2.24) is 0 Å². The summed E-state index contributed by atoms with van der Waals surface area (Å²) in [5.41, 5.74) is -0.379. The molecular formula is C19H22O5. The van der Waals surface area contributed by atoms with Gasteiger partial charge in [0.1, 0.15) is 22.9 Å². The highest BCUT2D eigenvalue weighted by atomic mass is 16.6. The van der Waals surface area contributed by atoms with Crippen LogP contribution in [0.15, 0.2) is 41.2 Å². The fourth-order valence-corrected chi connectivity index (χ4v) is 4.12. The topological polar surface area (TPSA) is 76.1 Å². The Bertz CT molecular complexity index is 735. The quantitative estimate of drug-likeness (QED) is 0.488. The monoisotopic (exact) mass is 330 g/mol. The molecule has 1 N–H and O–H groups in total. The number of esters is 1. The Morgan fingerprint density at radius 3 is 2.71 bits per heavy atom. The number of ether oxygens (including phenoxy) is 2. The van der Waals surface area contributed by atoms with Gasteiger partial charge in [-0.25, -0.2) is 9.59 Å². The van der Waals surface area contributed by atoms with Gasteiger partial charge in [0, 0.05) is 17.4 Å². The standard InChI is InChI=1S/C19H22O5/c1-12(11-20)7-15-8-13(16(22)23-15)5-6-19-17(2,3)9-14(21)10-18(19,4)24-19/h5-8,14,21H,9-10H2,1-4H3/b6-5+,15-7-/t14-,18+,19-/m0/s1. The van der Waals surface area contributed by atoms with Gasteiger partial charge in [0.2, 0.25) is 0 Å². The molecule has 5 nitrogen and oxygen atoms in total. The molecule has 2 aliphatic heterocycles. The number of rotatable bonds is 3. The maximum atomic E-state index is 12.0. The van der Waals surface area contributed by atoms with Crippen molar-refractivity contribution in [3.63, 3.8) is 0 Å². The summed E-state index contributed by atoms with van der Waals surface area (Å²) in [5.74, 6) is 1.62. The first-order chi connectivity index (χ1) is 11.1. The lowest BCUT2D eigenvalue weighted by atomic mass is 9.63. The van der Waals surface area contributed by atoms with Gasteiger partial charge < -0.3 is 14.6 Å². The molecule has 0 aromatic carbocycles. The molecule has 5 heteroatoms. The molecule has 3 aliphatic rings. The van der Waals surface area contributed by atoms with E-state index in [4.69, 9.17) is 9.47 Å². The van der Waals surface area contributed by atoms with Gasteiger partial charge in [-0.2, -0.15) is 0 Å². The summed E-state index contributed by atoms with van der Waals surface area (Å²) < 4.78 is 11.2. The molecule has 1 aliphatic carbocycles. The lowest BCUT2D eigenvalue weighted by Gasteiger charge is -2.39. The smallest absolute Gasteiger partial charge is 0.343 e. The molecule has 3 rings (SSSR count). The second kappa shape index (κ2) is 5.28. The van der Waals surface area contributed by atoms with E-state index >= 15 is 0 Å². The van der Waals surface area contributed by atoms with Crippen LogP contribution >= 0.6 is 0 Å². The van der Waals surface area contributed by atoms with Crippen molar-refractivity contribution in [3.05, 3.63) is 41.2 Å². The molecule has 128 valence electrons. The van der Waals surface area contributed by atoms with E-state index in [1.807, 2.05) is 13.0 Å².